The molecule has 0 spiro atoms. The van der Waals surface area contributed by atoms with Gasteiger partial charge in [-0.2, -0.15) is 0 Å². The molecule has 1 heterocycles. The summed E-state index contributed by atoms with van der Waals surface area (Å²) in [5, 5.41) is 6.55. The van der Waals surface area contributed by atoms with E-state index < -0.39 is 0 Å². The zero-order valence-corrected chi connectivity index (χ0v) is 20.5. The number of nitrogens with one attached hydrogen (secondary N) is 2. The van der Waals surface area contributed by atoms with Gasteiger partial charge in [-0.15, -0.1) is 0 Å². The van der Waals surface area contributed by atoms with E-state index in [1.165, 1.54) is 0 Å². The number of methoxy groups -OCH3 is 2. The summed E-state index contributed by atoms with van der Waals surface area (Å²) in [7, 11) is 3.32. The average molecular weight is 474 g/mol. The van der Waals surface area contributed by atoms with E-state index in [9.17, 15) is 9.59 Å². The molecule has 2 N–H and O–H groups in total. The normalized spacial score (nSPS) is 22.5. The minimum absolute atomic E-state index is 0.0146. The van der Waals surface area contributed by atoms with Crippen molar-refractivity contribution in [3.05, 3.63) is 23.8 Å². The highest BCUT2D eigenvalue weighted by Crippen LogP contribution is 2.33. The molecular weight excluding hydrogens is 434 g/mol. The molecule has 34 heavy (non-hydrogen) atoms. The maximum absolute atomic E-state index is 13.6. The van der Waals surface area contributed by atoms with Crippen molar-refractivity contribution in [3.63, 3.8) is 0 Å². The van der Waals surface area contributed by atoms with Gasteiger partial charge >= 0.3 is 0 Å². The van der Waals surface area contributed by atoms with Crippen LogP contribution in [0.1, 0.15) is 50.5 Å². The third-order valence-electron chi connectivity index (χ3n) is 7.08. The lowest BCUT2D eigenvalue weighted by atomic mass is 9.84. The first-order valence-electron chi connectivity index (χ1n) is 12.7. The first-order valence-corrected chi connectivity index (χ1v) is 12.7. The summed E-state index contributed by atoms with van der Waals surface area (Å²) in [6.07, 6.45) is 6.70. The molecule has 1 aromatic rings. The first-order chi connectivity index (χ1) is 16.6. The molecular formula is C26H39N3O5. The van der Waals surface area contributed by atoms with E-state index in [1.807, 2.05) is 23.1 Å². The molecule has 188 valence electrons. The van der Waals surface area contributed by atoms with E-state index in [-0.39, 0.29) is 35.7 Å². The minimum Gasteiger partial charge on any atom is -0.497 e. The molecule has 3 aliphatic rings. The maximum atomic E-state index is 13.6. The Morgan fingerprint density at radius 3 is 2.50 bits per heavy atom. The van der Waals surface area contributed by atoms with Crippen LogP contribution in [-0.4, -0.2) is 69.3 Å². The highest BCUT2D eigenvalue weighted by molar-refractivity contribution is 5.81. The van der Waals surface area contributed by atoms with Crippen LogP contribution in [0.3, 0.4) is 0 Å². The number of nitrogens with zero attached hydrogens (tertiary/aromatic N) is 1. The Balaban J connectivity index is 1.38. The molecule has 2 aliphatic carbocycles. The summed E-state index contributed by atoms with van der Waals surface area (Å²) in [5.74, 6) is 1.82. The van der Waals surface area contributed by atoms with Crippen LogP contribution in [0.5, 0.6) is 11.5 Å². The lowest BCUT2D eigenvalue weighted by Gasteiger charge is -2.35. The van der Waals surface area contributed by atoms with Gasteiger partial charge in [-0.1, -0.05) is 6.42 Å². The van der Waals surface area contributed by atoms with Gasteiger partial charge in [-0.25, -0.2) is 0 Å². The second-order valence-electron chi connectivity index (χ2n) is 9.83. The van der Waals surface area contributed by atoms with Crippen LogP contribution < -0.4 is 20.1 Å². The topological polar surface area (TPSA) is 89.1 Å². The molecule has 2 amide bonds. The smallest absolute Gasteiger partial charge is 0.227 e. The van der Waals surface area contributed by atoms with Crippen LogP contribution >= 0.6 is 0 Å². The van der Waals surface area contributed by atoms with Crippen molar-refractivity contribution in [2.75, 3.05) is 40.5 Å². The van der Waals surface area contributed by atoms with Crippen LogP contribution in [-0.2, 0) is 20.9 Å². The Morgan fingerprint density at radius 1 is 1.03 bits per heavy atom. The van der Waals surface area contributed by atoms with Crippen molar-refractivity contribution < 1.29 is 23.8 Å². The predicted octanol–water partition coefficient (Wildman–Crippen LogP) is 2.50. The van der Waals surface area contributed by atoms with Gasteiger partial charge in [0.2, 0.25) is 11.8 Å². The summed E-state index contributed by atoms with van der Waals surface area (Å²) < 4.78 is 16.5. The minimum atomic E-state index is -0.128. The number of carbonyl (C=O) groups is 2. The summed E-state index contributed by atoms with van der Waals surface area (Å²) >= 11 is 0. The quantitative estimate of drug-likeness (QED) is 0.454. The zero-order chi connectivity index (χ0) is 23.9. The highest BCUT2D eigenvalue weighted by Gasteiger charge is 2.38. The van der Waals surface area contributed by atoms with E-state index >= 15 is 0 Å². The number of carbonyl (C=O) groups excluding carboxylic acids is 2. The SMILES string of the molecule is COCCCOc1cc(CN(C(=O)C2CNCC(NC(=O)C3CCC3)C2)C2CC2)cc(OC)c1. The first kappa shape index (κ1) is 24.8. The zero-order valence-electron chi connectivity index (χ0n) is 20.5. The fraction of sp³-hybridized carbons (Fsp3) is 0.692. The van der Waals surface area contributed by atoms with Gasteiger partial charge in [0.25, 0.3) is 0 Å². The third-order valence-corrected chi connectivity index (χ3v) is 7.08. The van der Waals surface area contributed by atoms with Crippen LogP contribution in [0, 0.1) is 11.8 Å². The number of amides is 2. The van der Waals surface area contributed by atoms with Crippen molar-refractivity contribution in [3.8, 4) is 11.5 Å². The van der Waals surface area contributed by atoms with Gasteiger partial charge < -0.3 is 29.7 Å². The molecule has 1 aromatic carbocycles. The van der Waals surface area contributed by atoms with Crippen molar-refractivity contribution in [2.45, 2.75) is 63.6 Å². The molecule has 2 unspecified atom stereocenters. The van der Waals surface area contributed by atoms with Crippen molar-refractivity contribution in [1.82, 2.24) is 15.5 Å². The summed E-state index contributed by atoms with van der Waals surface area (Å²) in [6.45, 7) is 3.13. The molecule has 3 fully saturated rings. The molecule has 2 atom stereocenters. The lowest BCUT2D eigenvalue weighted by molar-refractivity contribution is -0.138. The van der Waals surface area contributed by atoms with E-state index in [4.69, 9.17) is 14.2 Å². The lowest BCUT2D eigenvalue weighted by Crippen LogP contribution is -2.54. The number of benzene rings is 1. The molecule has 4 rings (SSSR count). The van der Waals surface area contributed by atoms with Gasteiger partial charge in [0.05, 0.1) is 19.6 Å². The predicted molar refractivity (Wildman–Crippen MR) is 129 cm³/mol. The Labute approximate surface area is 202 Å². The van der Waals surface area contributed by atoms with Crippen LogP contribution in [0.15, 0.2) is 18.2 Å². The Bertz CT molecular complexity index is 840. The number of hydrogen-bond donors (Lipinski definition) is 2. The average Bonchev–Trinajstić information content (AvgIpc) is 3.64. The van der Waals surface area contributed by atoms with E-state index in [2.05, 4.69) is 10.6 Å². The van der Waals surface area contributed by atoms with Crippen LogP contribution in [0.25, 0.3) is 0 Å². The monoisotopic (exact) mass is 473 g/mol. The molecule has 1 saturated heterocycles. The van der Waals surface area contributed by atoms with E-state index in [1.54, 1.807) is 14.2 Å². The number of ether oxygens (including phenoxy) is 3. The second-order valence-corrected chi connectivity index (χ2v) is 9.83. The fourth-order valence-corrected chi connectivity index (χ4v) is 4.75. The van der Waals surface area contributed by atoms with E-state index in [0.29, 0.717) is 32.7 Å². The highest BCUT2D eigenvalue weighted by atomic mass is 16.5. The number of piperidine rings is 1. The summed E-state index contributed by atoms with van der Waals surface area (Å²) in [5.41, 5.74) is 1.000. The van der Waals surface area contributed by atoms with Gasteiger partial charge in [0, 0.05) is 63.8 Å². The molecule has 0 bridgehead atoms. The van der Waals surface area contributed by atoms with Crippen LogP contribution in [0.2, 0.25) is 0 Å². The maximum Gasteiger partial charge on any atom is 0.227 e. The van der Waals surface area contributed by atoms with Gasteiger partial charge in [0.15, 0.2) is 0 Å². The molecule has 8 heteroatoms. The second kappa shape index (κ2) is 11.9. The van der Waals surface area contributed by atoms with Crippen molar-refractivity contribution >= 4 is 11.8 Å². The Kier molecular flexibility index (Phi) is 8.67. The summed E-state index contributed by atoms with van der Waals surface area (Å²) in [6, 6.07) is 6.15. The molecule has 1 aliphatic heterocycles. The molecule has 8 nitrogen and oxygen atoms in total. The Morgan fingerprint density at radius 2 is 1.82 bits per heavy atom. The fourth-order valence-electron chi connectivity index (χ4n) is 4.75. The molecule has 0 aromatic heterocycles. The number of rotatable bonds is 12. The van der Waals surface area contributed by atoms with Crippen molar-refractivity contribution in [2.24, 2.45) is 11.8 Å². The van der Waals surface area contributed by atoms with Crippen molar-refractivity contribution in [1.29, 1.82) is 0 Å². The van der Waals surface area contributed by atoms with Gasteiger partial charge in [0.1, 0.15) is 11.5 Å². The van der Waals surface area contributed by atoms with Gasteiger partial charge in [-0.05, 0) is 49.8 Å². The van der Waals surface area contributed by atoms with Crippen LogP contribution in [0.4, 0.5) is 0 Å². The Hall–Kier alpha value is -2.32. The standard InChI is InChI=1S/C26H39N3O5/c1-32-9-4-10-34-24-12-18(11-23(14-24)33-2)17-29(22-7-8-22)26(31)20-13-21(16-27-15-20)28-25(30)19-5-3-6-19/h11-12,14,19-22,27H,3-10,13,15-17H2,1-2H3,(H,28,30). The van der Waals surface area contributed by atoms with E-state index in [0.717, 1.165) is 62.1 Å². The number of hydrogen-bond acceptors (Lipinski definition) is 6. The van der Waals surface area contributed by atoms with Gasteiger partial charge in [-0.3, -0.25) is 9.59 Å². The summed E-state index contributed by atoms with van der Waals surface area (Å²) in [4.78, 5) is 28.0. The molecule has 2 saturated carbocycles. The molecule has 0 radical (unpaired) electrons. The largest absolute Gasteiger partial charge is 0.497 e. The third kappa shape index (κ3) is 6.63.